The highest BCUT2D eigenvalue weighted by Crippen LogP contribution is 2.32. The van der Waals surface area contributed by atoms with Gasteiger partial charge in [0.2, 0.25) is 5.91 Å². The number of benzene rings is 1. The smallest absolute Gasteiger partial charge is 0.254 e. The molecule has 2 fully saturated rings. The van der Waals surface area contributed by atoms with Crippen molar-refractivity contribution < 1.29 is 19.1 Å². The van der Waals surface area contributed by atoms with Gasteiger partial charge in [-0.1, -0.05) is 13.8 Å². The van der Waals surface area contributed by atoms with Crippen LogP contribution in [0.5, 0.6) is 11.5 Å². The summed E-state index contributed by atoms with van der Waals surface area (Å²) in [4.78, 5) is 28.9. The first-order chi connectivity index (χ1) is 14.0. The lowest BCUT2D eigenvalue weighted by Crippen LogP contribution is -2.50. The maximum absolute atomic E-state index is 12.9. The van der Waals surface area contributed by atoms with Gasteiger partial charge in [0.05, 0.1) is 13.2 Å². The third kappa shape index (κ3) is 5.64. The van der Waals surface area contributed by atoms with E-state index in [0.717, 1.165) is 19.3 Å². The minimum atomic E-state index is -0.0232. The fraction of sp³-hybridized carbons (Fsp3) is 0.652. The first kappa shape index (κ1) is 21.5. The van der Waals surface area contributed by atoms with Crippen LogP contribution in [-0.4, -0.2) is 61.0 Å². The molecule has 1 aromatic rings. The Labute approximate surface area is 174 Å². The van der Waals surface area contributed by atoms with Crippen LogP contribution in [0.4, 0.5) is 0 Å². The largest absolute Gasteiger partial charge is 0.493 e. The molecule has 1 aliphatic carbocycles. The first-order valence-electron chi connectivity index (χ1n) is 10.9. The highest BCUT2D eigenvalue weighted by molar-refractivity contribution is 5.95. The standard InChI is InChI=1S/C23H34N2O4/c1-17(2)8-11-22(26)24-12-14-25(15-13-24)23(27)18-9-10-20(21(16-18)28-3)29-19-6-4-5-7-19/h9-10,16-17,19H,4-8,11-15H2,1-3H3. The summed E-state index contributed by atoms with van der Waals surface area (Å²) in [6.45, 7) is 6.58. The van der Waals surface area contributed by atoms with Crippen molar-refractivity contribution in [2.45, 2.75) is 58.5 Å². The average molecular weight is 403 g/mol. The predicted molar refractivity (Wildman–Crippen MR) is 112 cm³/mol. The van der Waals surface area contributed by atoms with Gasteiger partial charge in [0.15, 0.2) is 11.5 Å². The van der Waals surface area contributed by atoms with Gasteiger partial charge in [0.25, 0.3) is 5.91 Å². The molecule has 1 aliphatic heterocycles. The molecule has 0 bridgehead atoms. The van der Waals surface area contributed by atoms with Crippen molar-refractivity contribution in [3.05, 3.63) is 23.8 Å². The molecule has 0 radical (unpaired) electrons. The van der Waals surface area contributed by atoms with Crippen molar-refractivity contribution in [1.82, 2.24) is 9.80 Å². The lowest BCUT2D eigenvalue weighted by molar-refractivity contribution is -0.132. The molecule has 2 amide bonds. The van der Waals surface area contributed by atoms with Crippen LogP contribution < -0.4 is 9.47 Å². The highest BCUT2D eigenvalue weighted by atomic mass is 16.5. The van der Waals surface area contributed by atoms with Crippen LogP contribution in [0.3, 0.4) is 0 Å². The fourth-order valence-corrected chi connectivity index (χ4v) is 4.00. The van der Waals surface area contributed by atoms with E-state index in [0.29, 0.717) is 55.6 Å². The maximum atomic E-state index is 12.9. The van der Waals surface area contributed by atoms with E-state index in [2.05, 4.69) is 13.8 Å². The van der Waals surface area contributed by atoms with E-state index in [1.807, 2.05) is 21.9 Å². The summed E-state index contributed by atoms with van der Waals surface area (Å²) in [5.41, 5.74) is 0.597. The molecule has 3 rings (SSSR count). The Kier molecular flexibility index (Phi) is 7.40. The lowest BCUT2D eigenvalue weighted by Gasteiger charge is -2.35. The Morgan fingerprint density at radius 1 is 1.03 bits per heavy atom. The topological polar surface area (TPSA) is 59.1 Å². The van der Waals surface area contributed by atoms with Gasteiger partial charge in [-0.05, 0) is 56.2 Å². The Bertz CT molecular complexity index is 705. The molecule has 0 N–H and O–H groups in total. The van der Waals surface area contributed by atoms with Crippen LogP contribution in [-0.2, 0) is 4.79 Å². The van der Waals surface area contributed by atoms with E-state index in [-0.39, 0.29) is 17.9 Å². The third-order valence-corrected chi connectivity index (χ3v) is 5.86. The van der Waals surface area contributed by atoms with Gasteiger partial charge in [-0.2, -0.15) is 0 Å². The molecule has 1 aromatic carbocycles. The SMILES string of the molecule is COc1cc(C(=O)N2CCN(C(=O)CCC(C)C)CC2)ccc1OC1CCCC1. The van der Waals surface area contributed by atoms with Gasteiger partial charge in [-0.3, -0.25) is 9.59 Å². The molecule has 2 aliphatic rings. The van der Waals surface area contributed by atoms with Gasteiger partial charge in [-0.15, -0.1) is 0 Å². The minimum absolute atomic E-state index is 0.0232. The summed E-state index contributed by atoms with van der Waals surface area (Å²) in [6.07, 6.45) is 6.30. The predicted octanol–water partition coefficient (Wildman–Crippen LogP) is 3.74. The minimum Gasteiger partial charge on any atom is -0.493 e. The van der Waals surface area contributed by atoms with Crippen LogP contribution in [0.25, 0.3) is 0 Å². The molecule has 29 heavy (non-hydrogen) atoms. The van der Waals surface area contributed by atoms with E-state index in [1.165, 1.54) is 12.8 Å². The van der Waals surface area contributed by atoms with Crippen LogP contribution in [0.2, 0.25) is 0 Å². The molecular weight excluding hydrogens is 368 g/mol. The Hall–Kier alpha value is -2.24. The third-order valence-electron chi connectivity index (χ3n) is 5.86. The number of methoxy groups -OCH3 is 1. The van der Waals surface area contributed by atoms with Crippen LogP contribution in [0, 0.1) is 5.92 Å². The zero-order chi connectivity index (χ0) is 20.8. The Morgan fingerprint density at radius 2 is 1.69 bits per heavy atom. The van der Waals surface area contributed by atoms with Crippen LogP contribution in [0.1, 0.15) is 62.7 Å². The molecule has 1 saturated heterocycles. The molecule has 1 heterocycles. The molecule has 6 nitrogen and oxygen atoms in total. The second-order valence-electron chi connectivity index (χ2n) is 8.50. The highest BCUT2D eigenvalue weighted by Gasteiger charge is 2.26. The van der Waals surface area contributed by atoms with Crippen LogP contribution in [0.15, 0.2) is 18.2 Å². The first-order valence-corrected chi connectivity index (χ1v) is 10.9. The zero-order valence-corrected chi connectivity index (χ0v) is 18.0. The maximum Gasteiger partial charge on any atom is 0.254 e. The number of hydrogen-bond donors (Lipinski definition) is 0. The normalized spacial score (nSPS) is 17.7. The summed E-state index contributed by atoms with van der Waals surface area (Å²) in [6, 6.07) is 5.43. The number of carbonyl (C=O) groups is 2. The number of carbonyl (C=O) groups excluding carboxylic acids is 2. The molecule has 0 unspecified atom stereocenters. The van der Waals surface area contributed by atoms with Crippen molar-refractivity contribution in [3.8, 4) is 11.5 Å². The zero-order valence-electron chi connectivity index (χ0n) is 18.0. The van der Waals surface area contributed by atoms with E-state index in [9.17, 15) is 9.59 Å². The summed E-state index contributed by atoms with van der Waals surface area (Å²) in [5, 5.41) is 0. The van der Waals surface area contributed by atoms with Crippen molar-refractivity contribution >= 4 is 11.8 Å². The molecule has 0 atom stereocenters. The number of hydrogen-bond acceptors (Lipinski definition) is 4. The lowest BCUT2D eigenvalue weighted by atomic mass is 10.1. The van der Waals surface area contributed by atoms with Crippen LogP contribution >= 0.6 is 0 Å². The number of nitrogens with zero attached hydrogens (tertiary/aromatic N) is 2. The number of amides is 2. The number of rotatable bonds is 7. The molecule has 0 spiro atoms. The Balaban J connectivity index is 1.57. The molecular formula is C23H34N2O4. The van der Waals surface area contributed by atoms with Crippen molar-refractivity contribution in [1.29, 1.82) is 0 Å². The van der Waals surface area contributed by atoms with Gasteiger partial charge < -0.3 is 19.3 Å². The second kappa shape index (κ2) is 9.99. The van der Waals surface area contributed by atoms with Gasteiger partial charge in [-0.25, -0.2) is 0 Å². The molecule has 0 aromatic heterocycles. The van der Waals surface area contributed by atoms with Gasteiger partial charge >= 0.3 is 0 Å². The molecule has 1 saturated carbocycles. The molecule has 6 heteroatoms. The Morgan fingerprint density at radius 3 is 2.31 bits per heavy atom. The molecule has 160 valence electrons. The van der Waals surface area contributed by atoms with E-state index < -0.39 is 0 Å². The van der Waals surface area contributed by atoms with Crippen molar-refractivity contribution in [2.24, 2.45) is 5.92 Å². The summed E-state index contributed by atoms with van der Waals surface area (Å²) < 4.78 is 11.5. The summed E-state index contributed by atoms with van der Waals surface area (Å²) in [5.74, 6) is 2.00. The van der Waals surface area contributed by atoms with Crippen molar-refractivity contribution in [3.63, 3.8) is 0 Å². The average Bonchev–Trinajstić information content (AvgIpc) is 3.25. The van der Waals surface area contributed by atoms with E-state index in [4.69, 9.17) is 9.47 Å². The second-order valence-corrected chi connectivity index (χ2v) is 8.50. The monoisotopic (exact) mass is 402 g/mol. The van der Waals surface area contributed by atoms with E-state index >= 15 is 0 Å². The number of ether oxygens (including phenoxy) is 2. The number of piperazine rings is 1. The van der Waals surface area contributed by atoms with E-state index in [1.54, 1.807) is 13.2 Å². The van der Waals surface area contributed by atoms with Gasteiger partial charge in [0.1, 0.15) is 0 Å². The quantitative estimate of drug-likeness (QED) is 0.697. The van der Waals surface area contributed by atoms with Gasteiger partial charge in [0, 0.05) is 38.2 Å². The fourth-order valence-electron chi connectivity index (χ4n) is 4.00. The summed E-state index contributed by atoms with van der Waals surface area (Å²) in [7, 11) is 1.60. The summed E-state index contributed by atoms with van der Waals surface area (Å²) >= 11 is 0. The van der Waals surface area contributed by atoms with Crippen molar-refractivity contribution in [2.75, 3.05) is 33.3 Å².